The van der Waals surface area contributed by atoms with E-state index in [0.717, 1.165) is 31.0 Å². The molecule has 7 nitrogen and oxygen atoms in total. The molecule has 2 aromatic heterocycles. The third-order valence-electron chi connectivity index (χ3n) is 6.82. The second kappa shape index (κ2) is 11.7. The van der Waals surface area contributed by atoms with Gasteiger partial charge in [0.2, 0.25) is 5.52 Å². The molecule has 10 heteroatoms. The van der Waals surface area contributed by atoms with Gasteiger partial charge in [-0.1, -0.05) is 53.7 Å². The van der Waals surface area contributed by atoms with Crippen LogP contribution in [-0.2, 0) is 23.7 Å². The zero-order valence-electron chi connectivity index (χ0n) is 23.1. The van der Waals surface area contributed by atoms with Crippen molar-refractivity contribution in [1.29, 1.82) is 0 Å². The SMILES string of the molecule is CCn1c(=Cc2cc[n+](C)c3ccccc23)sc(=C2Sc3ccccc3N2C)c1=O.Cc1ccc(S(=O)(=O)[O-])cc1. The molecule has 0 saturated heterocycles. The Bertz CT molecular complexity index is 2050. The first-order chi connectivity index (χ1) is 19.6. The van der Waals surface area contributed by atoms with Crippen molar-refractivity contribution in [2.45, 2.75) is 30.2 Å². The summed E-state index contributed by atoms with van der Waals surface area (Å²) in [6.07, 6.45) is 4.22. The summed E-state index contributed by atoms with van der Waals surface area (Å²) in [5.41, 5.74) is 4.46. The fraction of sp³-hybridized carbons (Fsp3) is 0.161. The van der Waals surface area contributed by atoms with Crippen LogP contribution in [0, 0.1) is 6.92 Å². The molecule has 0 radical (unpaired) electrons. The first-order valence-corrected chi connectivity index (χ1v) is 16.0. The number of hydrogen-bond acceptors (Lipinski definition) is 7. The summed E-state index contributed by atoms with van der Waals surface area (Å²) in [4.78, 5) is 16.4. The second-order valence-electron chi connectivity index (χ2n) is 9.56. The number of para-hydroxylation sites is 2. The van der Waals surface area contributed by atoms with Gasteiger partial charge in [0.25, 0.3) is 5.56 Å². The molecule has 0 bridgehead atoms. The molecule has 6 rings (SSSR count). The maximum Gasteiger partial charge on any atom is 0.271 e. The molecule has 1 aliphatic heterocycles. The standard InChI is InChI=1S/C24H22N3OS2.C7H8O3S/c1-4-27-21(15-16-13-14-25(2)18-10-6-5-9-17(16)18)30-22(23(27)28)24-26(3)19-11-7-8-12-20(19)29-24;1-6-2-4-7(5-3-6)11(8,9)10/h5-15H,4H2,1-3H3;2-5H,1H3,(H,8,9,10)/q+1;/p-1. The summed E-state index contributed by atoms with van der Waals surface area (Å²) in [6, 6.07) is 24.6. The Labute approximate surface area is 247 Å². The molecule has 0 spiro atoms. The number of fused-ring (bicyclic) bond motifs is 2. The van der Waals surface area contributed by atoms with Crippen LogP contribution in [0.5, 0.6) is 0 Å². The fourth-order valence-electron chi connectivity index (χ4n) is 4.62. The first-order valence-electron chi connectivity index (χ1n) is 12.9. The molecule has 0 atom stereocenters. The van der Waals surface area contributed by atoms with Gasteiger partial charge in [0.05, 0.1) is 20.6 Å². The molecular weight excluding hydrogens is 575 g/mol. The van der Waals surface area contributed by atoms with Gasteiger partial charge >= 0.3 is 0 Å². The van der Waals surface area contributed by atoms with Gasteiger partial charge in [-0.05, 0) is 55.8 Å². The molecule has 3 aromatic carbocycles. The van der Waals surface area contributed by atoms with Crippen LogP contribution in [0.2, 0.25) is 0 Å². The van der Waals surface area contributed by atoms with E-state index in [0.29, 0.717) is 6.54 Å². The van der Waals surface area contributed by atoms with E-state index in [1.54, 1.807) is 35.2 Å². The van der Waals surface area contributed by atoms with Crippen molar-refractivity contribution in [2.75, 3.05) is 11.9 Å². The van der Waals surface area contributed by atoms with Crippen LogP contribution in [0.15, 0.2) is 99.6 Å². The van der Waals surface area contributed by atoms with E-state index >= 15 is 0 Å². The quantitative estimate of drug-likeness (QED) is 0.229. The number of rotatable bonds is 3. The molecule has 0 unspecified atom stereocenters. The molecule has 210 valence electrons. The van der Waals surface area contributed by atoms with Gasteiger partial charge in [-0.3, -0.25) is 9.36 Å². The predicted octanol–water partition coefficient (Wildman–Crippen LogP) is 3.94. The highest BCUT2D eigenvalue weighted by molar-refractivity contribution is 8.08. The smallest absolute Gasteiger partial charge is 0.271 e. The van der Waals surface area contributed by atoms with E-state index < -0.39 is 10.1 Å². The maximum absolute atomic E-state index is 13.3. The summed E-state index contributed by atoms with van der Waals surface area (Å²) < 4.78 is 37.0. The zero-order valence-corrected chi connectivity index (χ0v) is 25.5. The van der Waals surface area contributed by atoms with Crippen LogP contribution < -0.4 is 24.2 Å². The van der Waals surface area contributed by atoms with E-state index in [-0.39, 0.29) is 10.5 Å². The molecule has 0 amide bonds. The lowest BCUT2D eigenvalue weighted by molar-refractivity contribution is -0.644. The predicted molar refractivity (Wildman–Crippen MR) is 165 cm³/mol. The van der Waals surface area contributed by atoms with Gasteiger partial charge in [-0.25, -0.2) is 13.0 Å². The van der Waals surface area contributed by atoms with E-state index in [2.05, 4.69) is 71.3 Å². The lowest BCUT2D eigenvalue weighted by atomic mass is 10.1. The van der Waals surface area contributed by atoms with Crippen LogP contribution in [0.1, 0.15) is 18.1 Å². The molecule has 3 heterocycles. The second-order valence-corrected chi connectivity index (χ2v) is 13.0. The summed E-state index contributed by atoms with van der Waals surface area (Å²) in [7, 11) is -0.176. The average Bonchev–Trinajstić information content (AvgIpc) is 3.45. The number of anilines is 1. The monoisotopic (exact) mass is 603 g/mol. The normalized spacial score (nSPS) is 14.7. The molecule has 41 heavy (non-hydrogen) atoms. The van der Waals surface area contributed by atoms with Crippen LogP contribution in [0.3, 0.4) is 0 Å². The number of nitrogens with zero attached hydrogens (tertiary/aromatic N) is 3. The third-order valence-corrected chi connectivity index (χ3v) is 10.2. The van der Waals surface area contributed by atoms with Gasteiger partial charge < -0.3 is 9.45 Å². The van der Waals surface area contributed by atoms with Crippen LogP contribution in [0.4, 0.5) is 5.69 Å². The topological polar surface area (TPSA) is 86.3 Å². The number of benzene rings is 3. The highest BCUT2D eigenvalue weighted by Crippen LogP contribution is 2.44. The van der Waals surface area contributed by atoms with E-state index in [1.165, 1.54) is 27.9 Å². The van der Waals surface area contributed by atoms with Crippen LogP contribution >= 0.6 is 23.1 Å². The lowest BCUT2D eigenvalue weighted by Gasteiger charge is -2.11. The van der Waals surface area contributed by atoms with Crippen molar-refractivity contribution in [3.63, 3.8) is 0 Å². The van der Waals surface area contributed by atoms with Crippen LogP contribution in [0.25, 0.3) is 22.0 Å². The maximum atomic E-state index is 13.3. The van der Waals surface area contributed by atoms with Crippen LogP contribution in [-0.4, -0.2) is 24.6 Å². The zero-order chi connectivity index (χ0) is 29.3. The van der Waals surface area contributed by atoms with Gasteiger partial charge in [0, 0.05) is 30.6 Å². The van der Waals surface area contributed by atoms with Gasteiger partial charge in [0.15, 0.2) is 6.20 Å². The van der Waals surface area contributed by atoms with E-state index in [4.69, 9.17) is 0 Å². The molecular formula is C31H29N3O4S3. The summed E-state index contributed by atoms with van der Waals surface area (Å²) in [6.45, 7) is 4.50. The Hall–Kier alpha value is -3.70. The molecule has 0 fully saturated rings. The molecule has 5 aromatic rings. The Balaban J connectivity index is 0.000000259. The first kappa shape index (κ1) is 28.8. The molecule has 0 saturated carbocycles. The summed E-state index contributed by atoms with van der Waals surface area (Å²) >= 11 is 3.26. The van der Waals surface area contributed by atoms with Crippen molar-refractivity contribution in [2.24, 2.45) is 7.05 Å². The minimum absolute atomic E-state index is 0.0849. The fourth-order valence-corrected chi connectivity index (χ4v) is 7.56. The number of aromatic nitrogens is 2. The number of pyridine rings is 1. The van der Waals surface area contributed by atoms with Crippen molar-refractivity contribution >= 4 is 60.9 Å². The Morgan fingerprint density at radius 1 is 0.976 bits per heavy atom. The largest absolute Gasteiger partial charge is 0.744 e. The van der Waals surface area contributed by atoms with Gasteiger partial charge in [-0.15, -0.1) is 11.3 Å². The minimum atomic E-state index is -4.27. The Morgan fingerprint density at radius 3 is 2.34 bits per heavy atom. The molecule has 0 N–H and O–H groups in total. The molecule has 1 aliphatic rings. The van der Waals surface area contributed by atoms with E-state index in [1.807, 2.05) is 37.6 Å². The van der Waals surface area contributed by atoms with Crippen molar-refractivity contribution in [1.82, 2.24) is 4.57 Å². The van der Waals surface area contributed by atoms with Gasteiger partial charge in [0.1, 0.15) is 26.7 Å². The Morgan fingerprint density at radius 2 is 1.66 bits per heavy atom. The minimum Gasteiger partial charge on any atom is -0.744 e. The Kier molecular flexibility index (Phi) is 8.19. The highest BCUT2D eigenvalue weighted by Gasteiger charge is 2.24. The van der Waals surface area contributed by atoms with E-state index in [9.17, 15) is 17.8 Å². The van der Waals surface area contributed by atoms with Crippen molar-refractivity contribution in [3.05, 3.63) is 116 Å². The average molecular weight is 604 g/mol. The summed E-state index contributed by atoms with van der Waals surface area (Å²) in [5, 5.41) is 2.19. The summed E-state index contributed by atoms with van der Waals surface area (Å²) in [5.74, 6) is 0. The third kappa shape index (κ3) is 5.87. The van der Waals surface area contributed by atoms with Gasteiger partial charge in [-0.2, -0.15) is 0 Å². The number of aryl methyl sites for hydroxylation is 2. The van der Waals surface area contributed by atoms with Crippen molar-refractivity contribution in [3.8, 4) is 0 Å². The number of thioether (sulfide) groups is 1. The number of hydrogen-bond donors (Lipinski definition) is 0. The van der Waals surface area contributed by atoms with Crippen molar-refractivity contribution < 1.29 is 17.5 Å². The highest BCUT2D eigenvalue weighted by atomic mass is 32.2. The number of thiazole rings is 1. The molecule has 0 aliphatic carbocycles. The lowest BCUT2D eigenvalue weighted by Crippen LogP contribution is -2.33.